The number of hydrogen-bond donors (Lipinski definition) is 2. The van der Waals surface area contributed by atoms with Crippen LogP contribution in [-0.2, 0) is 4.79 Å². The third-order valence-corrected chi connectivity index (χ3v) is 2.83. The Morgan fingerprint density at radius 2 is 2.18 bits per heavy atom. The van der Waals surface area contributed by atoms with Crippen LogP contribution in [0.4, 0.5) is 13.2 Å². The number of carbonyl (C=O) groups is 1. The van der Waals surface area contributed by atoms with E-state index in [9.17, 15) is 18.0 Å². The Hall–Kier alpha value is -0.780. The zero-order valence-corrected chi connectivity index (χ0v) is 9.78. The average Bonchev–Trinajstić information content (AvgIpc) is 2.25. The molecule has 1 rings (SSSR count). The van der Waals surface area contributed by atoms with Crippen LogP contribution >= 0.6 is 0 Å². The number of rotatable bonds is 5. The minimum atomic E-state index is -4.13. The maximum Gasteiger partial charge on any atom is 0.389 e. The van der Waals surface area contributed by atoms with Crippen molar-refractivity contribution in [3.8, 4) is 0 Å². The van der Waals surface area contributed by atoms with Crippen LogP contribution in [0, 0.1) is 5.92 Å². The van der Waals surface area contributed by atoms with Gasteiger partial charge in [0.25, 0.3) is 0 Å². The highest BCUT2D eigenvalue weighted by Crippen LogP contribution is 2.20. The molecule has 1 aliphatic heterocycles. The van der Waals surface area contributed by atoms with Gasteiger partial charge in [0.2, 0.25) is 5.91 Å². The Kier molecular flexibility index (Phi) is 5.74. The van der Waals surface area contributed by atoms with E-state index in [0.29, 0.717) is 12.3 Å². The van der Waals surface area contributed by atoms with E-state index < -0.39 is 12.6 Å². The molecule has 100 valence electrons. The number of nitrogens with one attached hydrogen (secondary N) is 2. The first-order valence-electron chi connectivity index (χ1n) is 6.01. The van der Waals surface area contributed by atoms with Crippen molar-refractivity contribution in [1.82, 2.24) is 10.6 Å². The smallest absolute Gasteiger partial charge is 0.356 e. The fourth-order valence-electron chi connectivity index (χ4n) is 1.95. The zero-order valence-electron chi connectivity index (χ0n) is 9.78. The molecule has 6 heteroatoms. The van der Waals surface area contributed by atoms with Gasteiger partial charge in [-0.25, -0.2) is 0 Å². The van der Waals surface area contributed by atoms with Crippen LogP contribution in [0.2, 0.25) is 0 Å². The largest absolute Gasteiger partial charge is 0.389 e. The molecule has 1 aliphatic rings. The van der Waals surface area contributed by atoms with Crippen LogP contribution in [0.15, 0.2) is 0 Å². The van der Waals surface area contributed by atoms with E-state index in [0.717, 1.165) is 25.9 Å². The van der Waals surface area contributed by atoms with Crippen LogP contribution in [0.1, 0.15) is 32.1 Å². The number of piperidine rings is 1. The molecule has 17 heavy (non-hydrogen) atoms. The van der Waals surface area contributed by atoms with E-state index >= 15 is 0 Å². The van der Waals surface area contributed by atoms with Crippen molar-refractivity contribution in [2.75, 3.05) is 19.6 Å². The lowest BCUT2D eigenvalue weighted by Crippen LogP contribution is -2.34. The molecule has 0 spiro atoms. The van der Waals surface area contributed by atoms with Gasteiger partial charge in [0.15, 0.2) is 0 Å². The molecular formula is C11H19F3N2O. The molecule has 1 saturated heterocycles. The number of alkyl halides is 3. The van der Waals surface area contributed by atoms with Crippen molar-refractivity contribution in [3.63, 3.8) is 0 Å². The minimum Gasteiger partial charge on any atom is -0.356 e. The molecule has 0 radical (unpaired) electrons. The Balaban J connectivity index is 2.04. The van der Waals surface area contributed by atoms with Crippen LogP contribution in [0.5, 0.6) is 0 Å². The second kappa shape index (κ2) is 6.83. The summed E-state index contributed by atoms with van der Waals surface area (Å²) in [6.45, 7) is 1.93. The lowest BCUT2D eigenvalue weighted by atomic mass is 9.96. The molecule has 0 saturated carbocycles. The van der Waals surface area contributed by atoms with Crippen LogP contribution in [0.3, 0.4) is 0 Å². The minimum absolute atomic E-state index is 0.0435. The molecule has 1 unspecified atom stereocenters. The molecule has 0 aromatic rings. The average molecular weight is 252 g/mol. The summed E-state index contributed by atoms with van der Waals surface area (Å²) in [6, 6.07) is 0. The van der Waals surface area contributed by atoms with Gasteiger partial charge in [0.05, 0.1) is 0 Å². The van der Waals surface area contributed by atoms with Gasteiger partial charge in [-0.2, -0.15) is 13.2 Å². The van der Waals surface area contributed by atoms with E-state index in [1.54, 1.807) is 0 Å². The molecule has 3 nitrogen and oxygen atoms in total. The van der Waals surface area contributed by atoms with Crippen molar-refractivity contribution in [1.29, 1.82) is 0 Å². The van der Waals surface area contributed by atoms with Crippen LogP contribution < -0.4 is 10.6 Å². The fraction of sp³-hybridized carbons (Fsp3) is 0.909. The second-order valence-corrected chi connectivity index (χ2v) is 4.49. The molecule has 2 N–H and O–H groups in total. The quantitative estimate of drug-likeness (QED) is 0.733. The predicted molar refractivity (Wildman–Crippen MR) is 58.5 cm³/mol. The van der Waals surface area contributed by atoms with E-state index in [-0.39, 0.29) is 18.9 Å². The first-order chi connectivity index (χ1) is 7.97. The van der Waals surface area contributed by atoms with Crippen molar-refractivity contribution in [2.24, 2.45) is 5.92 Å². The van der Waals surface area contributed by atoms with Crippen molar-refractivity contribution in [2.45, 2.75) is 38.3 Å². The van der Waals surface area contributed by atoms with E-state index in [1.165, 1.54) is 0 Å². The Morgan fingerprint density at radius 1 is 1.41 bits per heavy atom. The highest BCUT2D eigenvalue weighted by Gasteiger charge is 2.26. The summed E-state index contributed by atoms with van der Waals surface area (Å²) in [5.74, 6) is 0.187. The highest BCUT2D eigenvalue weighted by molar-refractivity contribution is 5.76. The van der Waals surface area contributed by atoms with Gasteiger partial charge in [-0.3, -0.25) is 4.79 Å². The number of hydrogen-bond acceptors (Lipinski definition) is 2. The first-order valence-corrected chi connectivity index (χ1v) is 6.01. The molecule has 1 fully saturated rings. The third kappa shape index (κ3) is 7.20. The summed E-state index contributed by atoms with van der Waals surface area (Å²) in [6.07, 6.45) is -2.51. The molecule has 1 atom stereocenters. The predicted octanol–water partition coefficient (Wildman–Crippen LogP) is 1.83. The standard InChI is InChI=1S/C11H19F3N2O/c12-11(13,14)4-2-6-16-10(17)7-9-3-1-5-15-8-9/h9,15H,1-8H2,(H,16,17). The van der Waals surface area contributed by atoms with Crippen LogP contribution in [0.25, 0.3) is 0 Å². The van der Waals surface area contributed by atoms with Gasteiger partial charge in [-0.05, 0) is 38.3 Å². The van der Waals surface area contributed by atoms with Crippen molar-refractivity contribution < 1.29 is 18.0 Å². The summed E-state index contributed by atoms with van der Waals surface area (Å²) in [5.41, 5.74) is 0. The van der Waals surface area contributed by atoms with E-state index in [2.05, 4.69) is 10.6 Å². The van der Waals surface area contributed by atoms with Gasteiger partial charge in [-0.15, -0.1) is 0 Å². The van der Waals surface area contributed by atoms with Crippen molar-refractivity contribution >= 4 is 5.91 Å². The lowest BCUT2D eigenvalue weighted by molar-refractivity contribution is -0.136. The molecule has 1 amide bonds. The summed E-state index contributed by atoms with van der Waals surface area (Å²) < 4.78 is 35.5. The molecule has 0 aromatic carbocycles. The Morgan fingerprint density at radius 3 is 2.76 bits per heavy atom. The summed E-state index contributed by atoms with van der Waals surface area (Å²) in [5, 5.41) is 5.73. The van der Waals surface area contributed by atoms with Crippen molar-refractivity contribution in [3.05, 3.63) is 0 Å². The van der Waals surface area contributed by atoms with E-state index in [4.69, 9.17) is 0 Å². The Bertz CT molecular complexity index is 237. The summed E-state index contributed by atoms with van der Waals surface area (Å²) in [7, 11) is 0. The van der Waals surface area contributed by atoms with Crippen LogP contribution in [-0.4, -0.2) is 31.7 Å². The number of amides is 1. The first kappa shape index (κ1) is 14.3. The second-order valence-electron chi connectivity index (χ2n) is 4.49. The van der Waals surface area contributed by atoms with Gasteiger partial charge in [0, 0.05) is 19.4 Å². The maximum atomic E-state index is 11.8. The van der Waals surface area contributed by atoms with Gasteiger partial charge >= 0.3 is 6.18 Å². The maximum absolute atomic E-state index is 11.8. The number of carbonyl (C=O) groups excluding carboxylic acids is 1. The lowest BCUT2D eigenvalue weighted by Gasteiger charge is -2.22. The molecule has 0 bridgehead atoms. The highest BCUT2D eigenvalue weighted by atomic mass is 19.4. The SMILES string of the molecule is O=C(CC1CCCNC1)NCCCC(F)(F)F. The normalized spacial score (nSPS) is 21.2. The molecule has 0 aromatic heterocycles. The molecular weight excluding hydrogens is 233 g/mol. The topological polar surface area (TPSA) is 41.1 Å². The number of halogens is 3. The van der Waals surface area contributed by atoms with Gasteiger partial charge in [0.1, 0.15) is 0 Å². The summed E-state index contributed by atoms with van der Waals surface area (Å²) >= 11 is 0. The zero-order chi connectivity index (χ0) is 12.7. The third-order valence-electron chi connectivity index (χ3n) is 2.83. The van der Waals surface area contributed by atoms with Gasteiger partial charge < -0.3 is 10.6 Å². The van der Waals surface area contributed by atoms with Gasteiger partial charge in [-0.1, -0.05) is 0 Å². The monoisotopic (exact) mass is 252 g/mol. The fourth-order valence-corrected chi connectivity index (χ4v) is 1.95. The molecule has 1 heterocycles. The Labute approximate surface area is 99.1 Å². The molecule has 0 aliphatic carbocycles. The van der Waals surface area contributed by atoms with E-state index in [1.807, 2.05) is 0 Å². The summed E-state index contributed by atoms with van der Waals surface area (Å²) in [4.78, 5) is 11.4.